The van der Waals surface area contributed by atoms with Gasteiger partial charge in [0.1, 0.15) is 5.76 Å². The fraction of sp³-hybridized carbons (Fsp3) is 0.706. The van der Waals surface area contributed by atoms with Crippen molar-refractivity contribution in [2.24, 2.45) is 5.92 Å². The second kappa shape index (κ2) is 7.12. The van der Waals surface area contributed by atoms with Crippen molar-refractivity contribution in [3.8, 4) is 0 Å². The Morgan fingerprint density at radius 3 is 2.71 bits per heavy atom. The van der Waals surface area contributed by atoms with Gasteiger partial charge in [0.05, 0.1) is 18.9 Å². The summed E-state index contributed by atoms with van der Waals surface area (Å²) < 4.78 is 11.1. The van der Waals surface area contributed by atoms with E-state index in [2.05, 4.69) is 0 Å². The highest BCUT2D eigenvalue weighted by Crippen LogP contribution is 2.27. The van der Waals surface area contributed by atoms with Crippen molar-refractivity contribution in [3.63, 3.8) is 0 Å². The smallest absolute Gasteiger partial charge is 0.226 e. The van der Waals surface area contributed by atoms with Crippen LogP contribution in [0.15, 0.2) is 22.8 Å². The fourth-order valence-corrected chi connectivity index (χ4v) is 3.46. The zero-order valence-corrected chi connectivity index (χ0v) is 12.6. The number of carbonyl (C=O) groups is 1. The molecule has 1 aliphatic carbocycles. The number of furan rings is 1. The Morgan fingerprint density at radius 2 is 2.05 bits per heavy atom. The molecule has 1 aliphatic heterocycles. The topological polar surface area (TPSA) is 42.7 Å². The second-order valence-electron chi connectivity index (χ2n) is 6.27. The number of hydrogen-bond donors (Lipinski definition) is 0. The minimum absolute atomic E-state index is 0.201. The SMILES string of the molecule is O=C(C1CCCCC1)N(Cc1ccco1)CC1CCCO1. The van der Waals surface area contributed by atoms with Crippen LogP contribution in [-0.4, -0.2) is 30.1 Å². The van der Waals surface area contributed by atoms with E-state index in [4.69, 9.17) is 9.15 Å². The van der Waals surface area contributed by atoms with Crippen LogP contribution in [0.1, 0.15) is 50.7 Å². The molecule has 4 nitrogen and oxygen atoms in total. The number of carbonyl (C=O) groups excluding carboxylic acids is 1. The van der Waals surface area contributed by atoms with Crippen LogP contribution in [0, 0.1) is 5.92 Å². The molecule has 3 rings (SSSR count). The first-order valence-electron chi connectivity index (χ1n) is 8.25. The van der Waals surface area contributed by atoms with Gasteiger partial charge in [-0.2, -0.15) is 0 Å². The van der Waals surface area contributed by atoms with Gasteiger partial charge < -0.3 is 14.1 Å². The van der Waals surface area contributed by atoms with Crippen molar-refractivity contribution < 1.29 is 13.9 Å². The van der Waals surface area contributed by atoms with Crippen molar-refractivity contribution in [2.75, 3.05) is 13.2 Å². The summed E-state index contributed by atoms with van der Waals surface area (Å²) in [6.07, 6.45) is 9.77. The Kier molecular flexibility index (Phi) is 4.96. The molecular weight excluding hydrogens is 266 g/mol. The summed E-state index contributed by atoms with van der Waals surface area (Å²) in [5.41, 5.74) is 0. The molecule has 21 heavy (non-hydrogen) atoms. The maximum absolute atomic E-state index is 12.8. The van der Waals surface area contributed by atoms with Gasteiger partial charge in [-0.1, -0.05) is 19.3 Å². The van der Waals surface area contributed by atoms with E-state index >= 15 is 0 Å². The quantitative estimate of drug-likeness (QED) is 0.835. The van der Waals surface area contributed by atoms with Crippen LogP contribution >= 0.6 is 0 Å². The summed E-state index contributed by atoms with van der Waals surface area (Å²) in [7, 11) is 0. The lowest BCUT2D eigenvalue weighted by molar-refractivity contribution is -0.139. The van der Waals surface area contributed by atoms with Gasteiger partial charge in [0.2, 0.25) is 5.91 Å². The number of amides is 1. The van der Waals surface area contributed by atoms with Gasteiger partial charge in [0.15, 0.2) is 0 Å². The average Bonchev–Trinajstić information content (AvgIpc) is 3.20. The lowest BCUT2D eigenvalue weighted by atomic mass is 9.88. The van der Waals surface area contributed by atoms with Gasteiger partial charge >= 0.3 is 0 Å². The van der Waals surface area contributed by atoms with E-state index in [-0.39, 0.29) is 12.0 Å². The fourth-order valence-electron chi connectivity index (χ4n) is 3.46. The molecular formula is C17H25NO3. The van der Waals surface area contributed by atoms with E-state index in [0.29, 0.717) is 19.0 Å². The van der Waals surface area contributed by atoms with Gasteiger partial charge in [0, 0.05) is 19.1 Å². The van der Waals surface area contributed by atoms with Gasteiger partial charge in [-0.3, -0.25) is 4.79 Å². The Labute approximate surface area is 126 Å². The van der Waals surface area contributed by atoms with E-state index < -0.39 is 0 Å². The number of nitrogens with zero attached hydrogens (tertiary/aromatic N) is 1. The van der Waals surface area contributed by atoms with Crippen molar-refractivity contribution >= 4 is 5.91 Å². The monoisotopic (exact) mass is 291 g/mol. The van der Waals surface area contributed by atoms with Crippen LogP contribution in [0.3, 0.4) is 0 Å². The van der Waals surface area contributed by atoms with E-state index in [9.17, 15) is 4.79 Å². The highest BCUT2D eigenvalue weighted by molar-refractivity contribution is 5.78. The molecule has 2 fully saturated rings. The maximum Gasteiger partial charge on any atom is 0.226 e. The van der Waals surface area contributed by atoms with E-state index in [1.807, 2.05) is 17.0 Å². The third-order valence-electron chi connectivity index (χ3n) is 4.64. The molecule has 1 saturated heterocycles. The standard InChI is InChI=1S/C17H25NO3/c19-17(14-6-2-1-3-7-14)18(12-15-8-4-10-20-15)13-16-9-5-11-21-16/h4,8,10,14,16H,1-3,5-7,9,11-13H2. The number of ether oxygens (including phenoxy) is 1. The first-order chi connectivity index (χ1) is 10.3. The molecule has 0 aromatic carbocycles. The highest BCUT2D eigenvalue weighted by Gasteiger charge is 2.29. The molecule has 1 aromatic rings. The van der Waals surface area contributed by atoms with E-state index in [0.717, 1.165) is 38.1 Å². The van der Waals surface area contributed by atoms with Crippen molar-refractivity contribution in [1.29, 1.82) is 0 Å². The van der Waals surface area contributed by atoms with E-state index in [1.54, 1.807) is 6.26 Å². The van der Waals surface area contributed by atoms with Crippen molar-refractivity contribution in [3.05, 3.63) is 24.2 Å². The van der Waals surface area contributed by atoms with Gasteiger partial charge in [-0.15, -0.1) is 0 Å². The molecule has 1 atom stereocenters. The normalized spacial score (nSPS) is 23.3. The van der Waals surface area contributed by atoms with Crippen LogP contribution in [0.5, 0.6) is 0 Å². The maximum atomic E-state index is 12.8. The van der Waals surface area contributed by atoms with Crippen LogP contribution in [0.25, 0.3) is 0 Å². The summed E-state index contributed by atoms with van der Waals surface area (Å²) in [6.45, 7) is 2.11. The van der Waals surface area contributed by atoms with E-state index in [1.165, 1.54) is 19.3 Å². The summed E-state index contributed by atoms with van der Waals surface area (Å²) >= 11 is 0. The molecule has 1 saturated carbocycles. The van der Waals surface area contributed by atoms with Crippen LogP contribution in [-0.2, 0) is 16.1 Å². The molecule has 2 aliphatic rings. The molecule has 0 N–H and O–H groups in total. The molecule has 0 bridgehead atoms. The Hall–Kier alpha value is -1.29. The van der Waals surface area contributed by atoms with Gasteiger partial charge in [-0.05, 0) is 37.8 Å². The zero-order chi connectivity index (χ0) is 14.5. The molecule has 1 aromatic heterocycles. The lowest BCUT2D eigenvalue weighted by Crippen LogP contribution is -2.41. The third kappa shape index (κ3) is 3.88. The molecule has 4 heteroatoms. The zero-order valence-electron chi connectivity index (χ0n) is 12.6. The Bertz CT molecular complexity index is 431. The molecule has 1 amide bonds. The average molecular weight is 291 g/mol. The second-order valence-corrected chi connectivity index (χ2v) is 6.27. The third-order valence-corrected chi connectivity index (χ3v) is 4.64. The van der Waals surface area contributed by atoms with Gasteiger partial charge in [0.25, 0.3) is 0 Å². The minimum atomic E-state index is 0.201. The van der Waals surface area contributed by atoms with Gasteiger partial charge in [-0.25, -0.2) is 0 Å². The summed E-state index contributed by atoms with van der Waals surface area (Å²) in [6, 6.07) is 3.82. The highest BCUT2D eigenvalue weighted by atomic mass is 16.5. The first-order valence-corrected chi connectivity index (χ1v) is 8.25. The van der Waals surface area contributed by atoms with Crippen molar-refractivity contribution in [1.82, 2.24) is 4.90 Å². The molecule has 0 radical (unpaired) electrons. The molecule has 1 unspecified atom stereocenters. The Balaban J connectivity index is 1.65. The van der Waals surface area contributed by atoms with Crippen LogP contribution in [0.2, 0.25) is 0 Å². The molecule has 116 valence electrons. The lowest BCUT2D eigenvalue weighted by Gasteiger charge is -2.30. The molecule has 2 heterocycles. The molecule has 0 spiro atoms. The van der Waals surface area contributed by atoms with Crippen molar-refractivity contribution in [2.45, 2.75) is 57.6 Å². The number of hydrogen-bond acceptors (Lipinski definition) is 3. The summed E-state index contributed by atoms with van der Waals surface area (Å²) in [5.74, 6) is 1.36. The summed E-state index contributed by atoms with van der Waals surface area (Å²) in [4.78, 5) is 14.8. The minimum Gasteiger partial charge on any atom is -0.467 e. The summed E-state index contributed by atoms with van der Waals surface area (Å²) in [5, 5.41) is 0. The predicted molar refractivity (Wildman–Crippen MR) is 79.7 cm³/mol. The predicted octanol–water partition coefficient (Wildman–Crippen LogP) is 3.37. The largest absolute Gasteiger partial charge is 0.467 e. The first kappa shape index (κ1) is 14.6. The van der Waals surface area contributed by atoms with Crippen LogP contribution in [0.4, 0.5) is 0 Å². The van der Waals surface area contributed by atoms with Crippen LogP contribution < -0.4 is 0 Å². The number of rotatable bonds is 5. The Morgan fingerprint density at radius 1 is 1.19 bits per heavy atom.